The Morgan fingerprint density at radius 1 is 1.17 bits per heavy atom. The van der Waals surface area contributed by atoms with E-state index in [1.54, 1.807) is 7.05 Å². The molecule has 2 rings (SSSR count). The van der Waals surface area contributed by atoms with Crippen LogP contribution < -0.4 is 10.6 Å². The Bertz CT molecular complexity index is 526. The summed E-state index contributed by atoms with van der Waals surface area (Å²) < 4.78 is 0. The Balaban J connectivity index is 2.12. The summed E-state index contributed by atoms with van der Waals surface area (Å²) in [6, 6.07) is 10.5. The molecule has 2 atom stereocenters. The molecule has 0 heterocycles. The van der Waals surface area contributed by atoms with E-state index in [0.717, 1.165) is 38.8 Å². The van der Waals surface area contributed by atoms with E-state index < -0.39 is 0 Å². The molecular formula is C21H32N2O. The SMILES string of the molecule is CCCCNCCCC1(C(=O)NC)CC=CCC1c1ccccc1. The van der Waals surface area contributed by atoms with Crippen LogP contribution in [0.25, 0.3) is 0 Å². The Labute approximate surface area is 146 Å². The molecule has 0 saturated heterocycles. The van der Waals surface area contributed by atoms with Gasteiger partial charge in [0.1, 0.15) is 0 Å². The van der Waals surface area contributed by atoms with Gasteiger partial charge in [-0.1, -0.05) is 55.8 Å². The minimum Gasteiger partial charge on any atom is -0.359 e. The summed E-state index contributed by atoms with van der Waals surface area (Å²) in [5, 5.41) is 6.45. The molecule has 132 valence electrons. The lowest BCUT2D eigenvalue weighted by Gasteiger charge is -2.41. The first-order valence-electron chi connectivity index (χ1n) is 9.37. The van der Waals surface area contributed by atoms with Gasteiger partial charge >= 0.3 is 0 Å². The molecule has 0 aromatic heterocycles. The van der Waals surface area contributed by atoms with Crippen LogP contribution in [0.2, 0.25) is 0 Å². The molecule has 2 unspecified atom stereocenters. The predicted octanol–water partition coefficient (Wildman–Crippen LogP) is 4.02. The lowest BCUT2D eigenvalue weighted by atomic mass is 9.63. The predicted molar refractivity (Wildman–Crippen MR) is 101 cm³/mol. The van der Waals surface area contributed by atoms with Gasteiger partial charge in [-0.05, 0) is 50.8 Å². The maximum absolute atomic E-state index is 12.9. The van der Waals surface area contributed by atoms with Gasteiger partial charge in [-0.15, -0.1) is 0 Å². The van der Waals surface area contributed by atoms with Crippen molar-refractivity contribution in [3.05, 3.63) is 48.0 Å². The van der Waals surface area contributed by atoms with E-state index in [4.69, 9.17) is 0 Å². The molecule has 0 aliphatic heterocycles. The first-order valence-corrected chi connectivity index (χ1v) is 9.37. The van der Waals surface area contributed by atoms with Gasteiger partial charge in [0.15, 0.2) is 0 Å². The van der Waals surface area contributed by atoms with E-state index >= 15 is 0 Å². The number of hydrogen-bond donors (Lipinski definition) is 2. The Hall–Kier alpha value is -1.61. The molecule has 1 aromatic carbocycles. The monoisotopic (exact) mass is 328 g/mol. The van der Waals surface area contributed by atoms with Crippen molar-refractivity contribution < 1.29 is 4.79 Å². The standard InChI is InChI=1S/C21H32N2O/c1-3-4-16-23-17-10-15-21(20(24)22-2)14-9-8-13-19(21)18-11-6-5-7-12-18/h5-9,11-12,19,23H,3-4,10,13-17H2,1-2H3,(H,22,24). The molecule has 0 saturated carbocycles. The maximum Gasteiger partial charge on any atom is 0.226 e. The molecule has 0 fully saturated rings. The van der Waals surface area contributed by atoms with Gasteiger partial charge in [-0.2, -0.15) is 0 Å². The Kier molecular flexibility index (Phi) is 7.51. The number of hydrogen-bond acceptors (Lipinski definition) is 2. The fourth-order valence-corrected chi connectivity index (χ4v) is 3.88. The topological polar surface area (TPSA) is 41.1 Å². The quantitative estimate of drug-likeness (QED) is 0.531. The van der Waals surface area contributed by atoms with Crippen molar-refractivity contribution in [2.24, 2.45) is 5.41 Å². The molecule has 1 aromatic rings. The smallest absolute Gasteiger partial charge is 0.226 e. The van der Waals surface area contributed by atoms with Gasteiger partial charge in [-0.25, -0.2) is 0 Å². The number of carbonyl (C=O) groups is 1. The second kappa shape index (κ2) is 9.63. The highest BCUT2D eigenvalue weighted by atomic mass is 16.2. The third-order valence-corrected chi connectivity index (χ3v) is 5.25. The molecule has 0 bridgehead atoms. The second-order valence-electron chi connectivity index (χ2n) is 6.82. The van der Waals surface area contributed by atoms with E-state index in [-0.39, 0.29) is 17.2 Å². The second-order valence-corrected chi connectivity index (χ2v) is 6.82. The number of nitrogens with one attached hydrogen (secondary N) is 2. The largest absolute Gasteiger partial charge is 0.359 e. The fourth-order valence-electron chi connectivity index (χ4n) is 3.88. The highest BCUT2D eigenvalue weighted by Gasteiger charge is 2.45. The van der Waals surface area contributed by atoms with Crippen LogP contribution in [-0.4, -0.2) is 26.0 Å². The van der Waals surface area contributed by atoms with E-state index in [0.29, 0.717) is 0 Å². The summed E-state index contributed by atoms with van der Waals surface area (Å²) in [5.74, 6) is 0.452. The average molecular weight is 328 g/mol. The van der Waals surface area contributed by atoms with Gasteiger partial charge < -0.3 is 10.6 Å². The normalized spacial score (nSPS) is 23.2. The van der Waals surface area contributed by atoms with E-state index in [2.05, 4.69) is 54.0 Å². The summed E-state index contributed by atoms with van der Waals surface area (Å²) in [6.45, 7) is 4.27. The van der Waals surface area contributed by atoms with E-state index in [1.807, 2.05) is 6.07 Å². The first kappa shape index (κ1) is 18.7. The number of amides is 1. The molecule has 0 radical (unpaired) electrons. The van der Waals surface area contributed by atoms with Crippen LogP contribution in [0, 0.1) is 5.41 Å². The zero-order valence-corrected chi connectivity index (χ0v) is 15.2. The molecule has 24 heavy (non-hydrogen) atoms. The van der Waals surface area contributed by atoms with Crippen molar-refractivity contribution in [1.82, 2.24) is 10.6 Å². The van der Waals surface area contributed by atoms with Crippen molar-refractivity contribution in [3.8, 4) is 0 Å². The fraction of sp³-hybridized carbons (Fsp3) is 0.571. The highest BCUT2D eigenvalue weighted by molar-refractivity contribution is 5.84. The number of carbonyl (C=O) groups excluding carboxylic acids is 1. The maximum atomic E-state index is 12.9. The summed E-state index contributed by atoms with van der Waals surface area (Å²) in [5.41, 5.74) is 0.960. The van der Waals surface area contributed by atoms with Crippen LogP contribution in [0.5, 0.6) is 0 Å². The van der Waals surface area contributed by atoms with Crippen LogP contribution >= 0.6 is 0 Å². The van der Waals surface area contributed by atoms with Crippen molar-refractivity contribution in [2.75, 3.05) is 20.1 Å². The van der Waals surface area contributed by atoms with Crippen molar-refractivity contribution in [3.63, 3.8) is 0 Å². The van der Waals surface area contributed by atoms with Gasteiger partial charge in [0.2, 0.25) is 5.91 Å². The lowest BCUT2D eigenvalue weighted by molar-refractivity contribution is -0.132. The van der Waals surface area contributed by atoms with E-state index in [1.165, 1.54) is 18.4 Å². The van der Waals surface area contributed by atoms with Gasteiger partial charge in [0.25, 0.3) is 0 Å². The molecular weight excluding hydrogens is 296 g/mol. The summed E-state index contributed by atoms with van der Waals surface area (Å²) >= 11 is 0. The molecule has 1 aliphatic carbocycles. The van der Waals surface area contributed by atoms with Crippen LogP contribution in [-0.2, 0) is 4.79 Å². The number of benzene rings is 1. The minimum absolute atomic E-state index is 0.189. The molecule has 2 N–H and O–H groups in total. The third kappa shape index (κ3) is 4.47. The molecule has 0 spiro atoms. The van der Waals surface area contributed by atoms with Crippen LogP contribution in [0.1, 0.15) is 56.9 Å². The van der Waals surface area contributed by atoms with Crippen molar-refractivity contribution >= 4 is 5.91 Å². The van der Waals surface area contributed by atoms with E-state index in [9.17, 15) is 4.79 Å². The van der Waals surface area contributed by atoms with Gasteiger partial charge in [0.05, 0.1) is 5.41 Å². The van der Waals surface area contributed by atoms with Crippen LogP contribution in [0.15, 0.2) is 42.5 Å². The van der Waals surface area contributed by atoms with Crippen LogP contribution in [0.4, 0.5) is 0 Å². The van der Waals surface area contributed by atoms with Crippen molar-refractivity contribution in [1.29, 1.82) is 0 Å². The number of unbranched alkanes of at least 4 members (excludes halogenated alkanes) is 1. The molecule has 1 aliphatic rings. The average Bonchev–Trinajstić information content (AvgIpc) is 2.64. The zero-order valence-electron chi connectivity index (χ0n) is 15.2. The molecule has 3 heteroatoms. The van der Waals surface area contributed by atoms with Crippen molar-refractivity contribution in [2.45, 2.75) is 51.4 Å². The Morgan fingerprint density at radius 3 is 2.62 bits per heavy atom. The van der Waals surface area contributed by atoms with Gasteiger partial charge in [-0.3, -0.25) is 4.79 Å². The number of allylic oxidation sites excluding steroid dienone is 2. The third-order valence-electron chi connectivity index (χ3n) is 5.25. The summed E-state index contributed by atoms with van der Waals surface area (Å²) in [4.78, 5) is 12.9. The zero-order chi connectivity index (χ0) is 17.3. The molecule has 1 amide bonds. The van der Waals surface area contributed by atoms with Gasteiger partial charge in [0, 0.05) is 13.0 Å². The van der Waals surface area contributed by atoms with Crippen LogP contribution in [0.3, 0.4) is 0 Å². The first-order chi connectivity index (χ1) is 11.7. The highest BCUT2D eigenvalue weighted by Crippen LogP contribution is 2.48. The summed E-state index contributed by atoms with van der Waals surface area (Å²) in [6.07, 6.45) is 10.6. The minimum atomic E-state index is -0.322. The number of rotatable bonds is 9. The lowest BCUT2D eigenvalue weighted by Crippen LogP contribution is -2.45. The summed E-state index contributed by atoms with van der Waals surface area (Å²) in [7, 11) is 1.77. The Morgan fingerprint density at radius 2 is 1.92 bits per heavy atom. The molecule has 3 nitrogen and oxygen atoms in total.